The molecule has 0 aromatic heterocycles. The molecule has 9 heteroatoms. The molecular weight excluding hydrogens is 832 g/mol. The van der Waals surface area contributed by atoms with Gasteiger partial charge in [-0.25, -0.2) is 4.79 Å². The van der Waals surface area contributed by atoms with Crippen LogP contribution in [0.15, 0.2) is 127 Å². The summed E-state index contributed by atoms with van der Waals surface area (Å²) in [5.41, 5.74) is 6.22. The van der Waals surface area contributed by atoms with Crippen molar-refractivity contribution in [3.8, 4) is 11.1 Å². The number of amides is 2. The Labute approximate surface area is 389 Å². The SMILES string of the molecule is O=C(C[C@H](NC(=O)OCC1c2ccccc2-c2ccccc21)C(=O)N1CC2CCOCC1C2)OC(c1ccccc1)(c1ccc(C2CCCCCCCCCC2)cc1)c1ccccc1Cl. The molecule has 5 aromatic carbocycles. The molecule has 1 saturated carbocycles. The first-order valence-corrected chi connectivity index (χ1v) is 24.4. The van der Waals surface area contributed by atoms with Crippen LogP contribution in [0.2, 0.25) is 5.02 Å². The maximum atomic E-state index is 14.9. The van der Waals surface area contributed by atoms with Crippen molar-refractivity contribution in [3.05, 3.63) is 166 Å². The molecule has 2 aliphatic heterocycles. The van der Waals surface area contributed by atoms with Gasteiger partial charge >= 0.3 is 12.1 Å². The van der Waals surface area contributed by atoms with E-state index in [4.69, 9.17) is 25.8 Å². The van der Waals surface area contributed by atoms with E-state index >= 15 is 0 Å². The van der Waals surface area contributed by atoms with Crippen LogP contribution in [0.4, 0.5) is 4.79 Å². The Hall–Kier alpha value is -5.44. The second kappa shape index (κ2) is 20.8. The van der Waals surface area contributed by atoms with Gasteiger partial charge in [-0.1, -0.05) is 184 Å². The minimum atomic E-state index is -1.49. The first kappa shape index (κ1) is 44.7. The van der Waals surface area contributed by atoms with Crippen molar-refractivity contribution in [3.63, 3.8) is 0 Å². The molecule has 2 saturated heterocycles. The lowest BCUT2D eigenvalue weighted by molar-refractivity contribution is -0.156. The van der Waals surface area contributed by atoms with Crippen molar-refractivity contribution in [2.45, 2.75) is 113 Å². The number of nitrogens with zero attached hydrogens (tertiary/aromatic N) is 1. The second-order valence-corrected chi connectivity index (χ2v) is 19.0. The summed E-state index contributed by atoms with van der Waals surface area (Å²) in [4.78, 5) is 45.5. The maximum Gasteiger partial charge on any atom is 0.407 e. The van der Waals surface area contributed by atoms with Crippen molar-refractivity contribution < 1.29 is 28.6 Å². The number of hydrogen-bond acceptors (Lipinski definition) is 6. The number of hydrogen-bond donors (Lipinski definition) is 1. The molecule has 4 aliphatic rings. The number of nitrogens with one attached hydrogen (secondary N) is 1. The summed E-state index contributed by atoms with van der Waals surface area (Å²) in [6.07, 6.45) is 13.0. The summed E-state index contributed by atoms with van der Waals surface area (Å²) in [5.74, 6) is -0.475. The van der Waals surface area contributed by atoms with E-state index in [0.717, 1.165) is 53.5 Å². The largest absolute Gasteiger partial charge is 0.449 e. The number of rotatable bonds is 11. The Balaban J connectivity index is 1.02. The van der Waals surface area contributed by atoms with Crippen LogP contribution in [0, 0.1) is 5.92 Å². The van der Waals surface area contributed by atoms with E-state index in [0.29, 0.717) is 41.8 Å². The Kier molecular flexibility index (Phi) is 14.3. The van der Waals surface area contributed by atoms with Crippen LogP contribution in [-0.2, 0) is 29.4 Å². The molecule has 0 radical (unpaired) electrons. The number of esters is 1. The first-order valence-electron chi connectivity index (χ1n) is 24.0. The third-order valence-electron chi connectivity index (χ3n) is 14.4. The average Bonchev–Trinajstić information content (AvgIpc) is 3.76. The first-order chi connectivity index (χ1) is 31.9. The number of fused-ring (bicyclic) bond motifs is 5. The van der Waals surface area contributed by atoms with Gasteiger partial charge in [0.15, 0.2) is 5.60 Å². The number of benzene rings is 5. The number of ether oxygens (including phenoxy) is 3. The van der Waals surface area contributed by atoms with Crippen LogP contribution in [0.25, 0.3) is 11.1 Å². The Bertz CT molecular complexity index is 2370. The van der Waals surface area contributed by atoms with Crippen LogP contribution in [0.5, 0.6) is 0 Å². The molecule has 2 amide bonds. The fourth-order valence-electron chi connectivity index (χ4n) is 11.1. The summed E-state index contributed by atoms with van der Waals surface area (Å²) in [6, 6.07) is 40.5. The predicted molar refractivity (Wildman–Crippen MR) is 255 cm³/mol. The topological polar surface area (TPSA) is 94.2 Å². The monoisotopic (exact) mass is 892 g/mol. The zero-order chi connectivity index (χ0) is 44.6. The lowest BCUT2D eigenvalue weighted by Crippen LogP contribution is -2.52. The van der Waals surface area contributed by atoms with Crippen LogP contribution < -0.4 is 5.32 Å². The van der Waals surface area contributed by atoms with Gasteiger partial charge in [-0.3, -0.25) is 9.59 Å². The summed E-state index contributed by atoms with van der Waals surface area (Å²) in [5, 5.41) is 3.29. The van der Waals surface area contributed by atoms with Crippen LogP contribution in [-0.4, -0.2) is 61.3 Å². The van der Waals surface area contributed by atoms with E-state index in [1.54, 1.807) is 11.0 Å². The van der Waals surface area contributed by atoms with E-state index in [2.05, 4.69) is 53.8 Å². The Morgan fingerprint density at radius 3 is 1.98 bits per heavy atom. The van der Waals surface area contributed by atoms with Gasteiger partial charge in [-0.05, 0) is 71.4 Å². The lowest BCUT2D eigenvalue weighted by Gasteiger charge is -2.37. The second-order valence-electron chi connectivity index (χ2n) is 18.6. The molecule has 338 valence electrons. The van der Waals surface area contributed by atoms with Crippen LogP contribution >= 0.6 is 11.6 Å². The lowest BCUT2D eigenvalue weighted by atomic mass is 9.78. The van der Waals surface area contributed by atoms with Crippen molar-refractivity contribution in [2.75, 3.05) is 26.4 Å². The summed E-state index contributed by atoms with van der Waals surface area (Å²) in [6.45, 7) is 1.66. The Morgan fingerprint density at radius 1 is 0.708 bits per heavy atom. The molecule has 1 N–H and O–H groups in total. The van der Waals surface area contributed by atoms with Gasteiger partial charge in [0.05, 0.1) is 19.1 Å². The number of carbonyl (C=O) groups excluding carboxylic acids is 3. The zero-order valence-corrected chi connectivity index (χ0v) is 38.1. The molecule has 0 spiro atoms. The van der Waals surface area contributed by atoms with Gasteiger partial charge in [0.2, 0.25) is 5.91 Å². The van der Waals surface area contributed by atoms with E-state index in [9.17, 15) is 14.4 Å². The molecule has 8 nitrogen and oxygen atoms in total. The molecule has 5 aromatic rings. The zero-order valence-electron chi connectivity index (χ0n) is 37.3. The van der Waals surface area contributed by atoms with Crippen LogP contribution in [0.1, 0.15) is 129 Å². The van der Waals surface area contributed by atoms with Crippen LogP contribution in [0.3, 0.4) is 0 Å². The number of alkyl carbamates (subject to hydrolysis) is 1. The summed E-state index contributed by atoms with van der Waals surface area (Å²) < 4.78 is 18.8. The van der Waals surface area contributed by atoms with Gasteiger partial charge in [0.25, 0.3) is 0 Å². The number of carbonyl (C=O) groups is 3. The van der Waals surface area contributed by atoms with Gasteiger partial charge in [-0.2, -0.15) is 0 Å². The summed E-state index contributed by atoms with van der Waals surface area (Å²) in [7, 11) is 0. The fraction of sp³-hybridized carbons (Fsp3) is 0.411. The van der Waals surface area contributed by atoms with Gasteiger partial charge in [0, 0.05) is 40.8 Å². The molecule has 3 unspecified atom stereocenters. The highest BCUT2D eigenvalue weighted by atomic mass is 35.5. The van der Waals surface area contributed by atoms with E-state index < -0.39 is 30.1 Å². The van der Waals surface area contributed by atoms with Crippen molar-refractivity contribution in [2.24, 2.45) is 5.92 Å². The highest BCUT2D eigenvalue weighted by Crippen LogP contribution is 2.46. The van der Waals surface area contributed by atoms with Gasteiger partial charge in [0.1, 0.15) is 12.6 Å². The standard InChI is InChI=1S/C56H61ClN2O6/c57-51-27-17-16-26-50(51)56(42-20-10-7-11-21-42,43-30-28-41(29-31-43)40-18-8-5-3-1-2-4-6-9-19-40)65-53(60)35-52(54(61)59-36-39-32-33-63-37-44(59)34-39)58-55(62)64-38-49-47-24-14-12-22-45(47)46-23-13-15-25-48(46)49/h7,10-17,20-31,39-40,44,49,52H,1-6,8-9,18-19,32-38H2,(H,58,62)/t39?,44?,52-,56?/m0/s1. The predicted octanol–water partition coefficient (Wildman–Crippen LogP) is 12.1. The molecular formula is C56H61ClN2O6. The number of halogens is 1. The fourth-order valence-corrected chi connectivity index (χ4v) is 11.3. The van der Waals surface area contributed by atoms with E-state index in [1.165, 1.54) is 56.9 Å². The van der Waals surface area contributed by atoms with Gasteiger partial charge in [-0.15, -0.1) is 0 Å². The van der Waals surface area contributed by atoms with E-state index in [1.807, 2.05) is 72.8 Å². The third kappa shape index (κ3) is 9.90. The third-order valence-corrected chi connectivity index (χ3v) is 14.7. The maximum absolute atomic E-state index is 14.9. The van der Waals surface area contributed by atoms with Crippen molar-refractivity contribution in [1.82, 2.24) is 10.2 Å². The molecule has 9 rings (SSSR count). The molecule has 65 heavy (non-hydrogen) atoms. The average molecular weight is 894 g/mol. The quantitative estimate of drug-likeness (QED) is 0.105. The molecule has 2 bridgehead atoms. The van der Waals surface area contributed by atoms with E-state index in [-0.39, 0.29) is 30.4 Å². The molecule has 3 fully saturated rings. The molecule has 2 aliphatic carbocycles. The van der Waals surface area contributed by atoms with Gasteiger partial charge < -0.3 is 24.4 Å². The minimum absolute atomic E-state index is 0.0634. The molecule has 4 atom stereocenters. The number of likely N-dealkylation sites (tertiary alicyclic amines) is 1. The summed E-state index contributed by atoms with van der Waals surface area (Å²) >= 11 is 7.11. The highest BCUT2D eigenvalue weighted by molar-refractivity contribution is 6.31. The Morgan fingerprint density at radius 2 is 1.31 bits per heavy atom. The normalized spacial score (nSPS) is 20.5. The van der Waals surface area contributed by atoms with Crippen molar-refractivity contribution in [1.29, 1.82) is 0 Å². The molecule has 2 heterocycles. The minimum Gasteiger partial charge on any atom is -0.449 e. The van der Waals surface area contributed by atoms with Crippen molar-refractivity contribution >= 4 is 29.6 Å². The highest BCUT2D eigenvalue weighted by Gasteiger charge is 2.45. The smallest absolute Gasteiger partial charge is 0.407 e.